The van der Waals surface area contributed by atoms with Crippen LogP contribution in [-0.4, -0.2) is 27.8 Å². The number of aromatic hydroxyl groups is 1. The zero-order valence-electron chi connectivity index (χ0n) is 14.3. The van der Waals surface area contributed by atoms with Crippen LogP contribution < -0.4 is 5.32 Å². The second-order valence-electron chi connectivity index (χ2n) is 7.52. The Kier molecular flexibility index (Phi) is 6.32. The summed E-state index contributed by atoms with van der Waals surface area (Å²) in [6.07, 6.45) is 0.000762. The maximum atomic E-state index is 12.1. The van der Waals surface area contributed by atoms with Crippen molar-refractivity contribution in [2.24, 2.45) is 5.41 Å². The molecule has 0 aliphatic carbocycles. The molecule has 7 heteroatoms. The lowest BCUT2D eigenvalue weighted by Gasteiger charge is -2.32. The van der Waals surface area contributed by atoms with Gasteiger partial charge in [-0.3, -0.25) is 0 Å². The van der Waals surface area contributed by atoms with Crippen LogP contribution in [0.2, 0.25) is 5.15 Å². The van der Waals surface area contributed by atoms with E-state index in [4.69, 9.17) is 16.3 Å². The quantitative estimate of drug-likeness (QED) is 0.713. The molecule has 1 heterocycles. The molecule has 0 fully saturated rings. The van der Waals surface area contributed by atoms with Gasteiger partial charge in [-0.1, -0.05) is 32.4 Å². The molecule has 0 aliphatic heterocycles. The normalized spacial score (nSPS) is 13.6. The van der Waals surface area contributed by atoms with Crippen LogP contribution in [0.1, 0.15) is 47.1 Å². The lowest BCUT2D eigenvalue weighted by molar-refractivity contribution is 0.0464. The summed E-state index contributed by atoms with van der Waals surface area (Å²) in [4.78, 5) is 16.1. The van der Waals surface area contributed by atoms with Gasteiger partial charge >= 0.3 is 6.09 Å². The molecule has 1 rings (SSSR count). The largest absolute Gasteiger partial charge is 0.505 e. The van der Waals surface area contributed by atoms with Gasteiger partial charge in [0.2, 0.25) is 0 Å². The van der Waals surface area contributed by atoms with Gasteiger partial charge in [-0.15, -0.1) is 0 Å². The first kappa shape index (κ1) is 20.0. The highest BCUT2D eigenvalue weighted by molar-refractivity contribution is 9.10. The summed E-state index contributed by atoms with van der Waals surface area (Å²) in [5.74, 6) is -0.0882. The van der Waals surface area contributed by atoms with Gasteiger partial charge < -0.3 is 15.2 Å². The summed E-state index contributed by atoms with van der Waals surface area (Å²) in [6, 6.07) is 1.34. The monoisotopic (exact) mass is 406 g/mol. The van der Waals surface area contributed by atoms with Crippen molar-refractivity contribution in [3.8, 4) is 5.75 Å². The molecule has 0 saturated carbocycles. The Balaban J connectivity index is 2.97. The predicted molar refractivity (Wildman–Crippen MR) is 94.9 cm³/mol. The molecular weight excluding hydrogens is 384 g/mol. The van der Waals surface area contributed by atoms with Gasteiger partial charge in [0.15, 0.2) is 10.9 Å². The van der Waals surface area contributed by atoms with Crippen LogP contribution in [0.4, 0.5) is 4.79 Å². The Labute approximate surface area is 150 Å². The number of halogens is 2. The molecule has 1 aromatic rings. The van der Waals surface area contributed by atoms with Crippen LogP contribution >= 0.6 is 27.5 Å². The molecule has 2 N–H and O–H groups in total. The Morgan fingerprint density at radius 1 is 1.39 bits per heavy atom. The first-order valence-corrected chi connectivity index (χ1v) is 8.50. The van der Waals surface area contributed by atoms with E-state index in [1.54, 1.807) is 6.07 Å². The molecule has 23 heavy (non-hydrogen) atoms. The number of amides is 1. The summed E-state index contributed by atoms with van der Waals surface area (Å²) in [5.41, 5.74) is -0.0263. The van der Waals surface area contributed by atoms with E-state index in [9.17, 15) is 9.90 Å². The molecule has 130 valence electrons. The fourth-order valence-electron chi connectivity index (χ4n) is 1.89. The lowest BCUT2D eigenvalue weighted by Crippen LogP contribution is -2.47. The number of rotatable bonds is 3. The van der Waals surface area contributed by atoms with E-state index in [1.807, 2.05) is 41.5 Å². The first-order chi connectivity index (χ1) is 10.3. The van der Waals surface area contributed by atoms with E-state index in [-0.39, 0.29) is 22.4 Å². The minimum Gasteiger partial charge on any atom is -0.505 e. The summed E-state index contributed by atoms with van der Waals surface area (Å²) in [5, 5.41) is 12.7. The van der Waals surface area contributed by atoms with Crippen molar-refractivity contribution >= 4 is 33.6 Å². The number of aromatic nitrogens is 1. The highest BCUT2D eigenvalue weighted by Gasteiger charge is 2.29. The molecule has 0 saturated heterocycles. The Morgan fingerprint density at radius 3 is 2.43 bits per heavy atom. The SMILES string of the molecule is CC(C)(C)OC(=O)NC(Cc1cc(O)c(Cl)nc1Br)C(C)(C)C. The second kappa shape index (κ2) is 7.26. The standard InChI is InChI=1S/C16H24BrClN2O3/c1-15(2,3)11(19-14(22)23-16(4,5)6)8-9-7-10(21)13(18)20-12(9)17/h7,11,21H,8H2,1-6H3,(H,19,22). The highest BCUT2D eigenvalue weighted by atomic mass is 79.9. The highest BCUT2D eigenvalue weighted by Crippen LogP contribution is 2.30. The third-order valence-electron chi connectivity index (χ3n) is 3.14. The Morgan fingerprint density at radius 2 is 1.96 bits per heavy atom. The van der Waals surface area contributed by atoms with Crippen LogP contribution in [0.15, 0.2) is 10.7 Å². The molecule has 1 aromatic heterocycles. The third kappa shape index (κ3) is 6.55. The van der Waals surface area contributed by atoms with E-state index >= 15 is 0 Å². The van der Waals surface area contributed by atoms with Crippen LogP contribution in [0.25, 0.3) is 0 Å². The zero-order chi connectivity index (χ0) is 18.0. The summed E-state index contributed by atoms with van der Waals surface area (Å²) in [7, 11) is 0. The lowest BCUT2D eigenvalue weighted by atomic mass is 9.83. The van der Waals surface area contributed by atoms with E-state index in [2.05, 4.69) is 26.2 Å². The number of nitrogens with one attached hydrogen (secondary N) is 1. The maximum Gasteiger partial charge on any atom is 0.407 e. The van der Waals surface area contributed by atoms with Crippen LogP contribution in [0.5, 0.6) is 5.75 Å². The van der Waals surface area contributed by atoms with Crippen molar-refractivity contribution < 1.29 is 14.6 Å². The van der Waals surface area contributed by atoms with Crippen molar-refractivity contribution in [3.05, 3.63) is 21.4 Å². The van der Waals surface area contributed by atoms with Crippen LogP contribution in [0.3, 0.4) is 0 Å². The predicted octanol–water partition coefficient (Wildman–Crippen LogP) is 4.69. The number of hydrogen-bond acceptors (Lipinski definition) is 4. The molecule has 1 unspecified atom stereocenters. The van der Waals surface area contributed by atoms with Gasteiger partial charge in [-0.25, -0.2) is 9.78 Å². The van der Waals surface area contributed by atoms with Gasteiger partial charge in [0.25, 0.3) is 0 Å². The van der Waals surface area contributed by atoms with Gasteiger partial charge in [0.05, 0.1) is 0 Å². The molecule has 1 amide bonds. The summed E-state index contributed by atoms with van der Waals surface area (Å²) >= 11 is 9.13. The van der Waals surface area contributed by atoms with Gasteiger partial charge in [0.1, 0.15) is 10.2 Å². The molecule has 0 bridgehead atoms. The number of hydrogen-bond donors (Lipinski definition) is 2. The second-order valence-corrected chi connectivity index (χ2v) is 8.63. The van der Waals surface area contributed by atoms with E-state index in [0.717, 1.165) is 5.56 Å². The Bertz CT molecular complexity index is 580. The topological polar surface area (TPSA) is 71.5 Å². The summed E-state index contributed by atoms with van der Waals surface area (Å²) in [6.45, 7) is 11.5. The van der Waals surface area contributed by atoms with Crippen LogP contribution in [0, 0.1) is 5.41 Å². The van der Waals surface area contributed by atoms with E-state index in [1.165, 1.54) is 0 Å². The third-order valence-corrected chi connectivity index (χ3v) is 4.11. The molecule has 0 spiro atoms. The van der Waals surface area contributed by atoms with E-state index < -0.39 is 11.7 Å². The fourth-order valence-corrected chi connectivity index (χ4v) is 2.58. The zero-order valence-corrected chi connectivity index (χ0v) is 16.7. The minimum atomic E-state index is -0.562. The average molecular weight is 408 g/mol. The van der Waals surface area contributed by atoms with Crippen molar-refractivity contribution in [2.75, 3.05) is 0 Å². The first-order valence-electron chi connectivity index (χ1n) is 7.33. The van der Waals surface area contributed by atoms with Crippen molar-refractivity contribution in [1.29, 1.82) is 0 Å². The van der Waals surface area contributed by atoms with Gasteiger partial charge in [-0.05, 0) is 60.2 Å². The van der Waals surface area contributed by atoms with Crippen LogP contribution in [-0.2, 0) is 11.2 Å². The molecule has 0 aromatic carbocycles. The number of nitrogens with zero attached hydrogens (tertiary/aromatic N) is 1. The number of pyridine rings is 1. The molecule has 1 atom stereocenters. The molecule has 0 radical (unpaired) electrons. The number of carbonyl (C=O) groups excluding carboxylic acids is 1. The molecule has 0 aliphatic rings. The van der Waals surface area contributed by atoms with Gasteiger partial charge in [0, 0.05) is 6.04 Å². The minimum absolute atomic E-state index is 0.0352. The summed E-state index contributed by atoms with van der Waals surface area (Å²) < 4.78 is 5.87. The van der Waals surface area contributed by atoms with Gasteiger partial charge in [-0.2, -0.15) is 0 Å². The van der Waals surface area contributed by atoms with Crippen molar-refractivity contribution in [2.45, 2.75) is 59.6 Å². The van der Waals surface area contributed by atoms with Crippen molar-refractivity contribution in [1.82, 2.24) is 10.3 Å². The maximum absolute atomic E-state index is 12.1. The fraction of sp³-hybridized carbons (Fsp3) is 0.625. The number of carbonyl (C=O) groups is 1. The smallest absolute Gasteiger partial charge is 0.407 e. The van der Waals surface area contributed by atoms with E-state index in [0.29, 0.717) is 11.0 Å². The van der Waals surface area contributed by atoms with Crippen molar-refractivity contribution in [3.63, 3.8) is 0 Å². The molecule has 5 nitrogen and oxygen atoms in total. The average Bonchev–Trinajstić information content (AvgIpc) is 2.31. The molecular formula is C16H24BrClN2O3. The Hall–Kier alpha value is -1.01. The number of alkyl carbamates (subject to hydrolysis) is 1. The number of ether oxygens (including phenoxy) is 1.